The largest absolute Gasteiger partial charge is 0.302 e. The number of benzene rings is 1. The molecule has 4 aromatic rings. The van der Waals surface area contributed by atoms with E-state index in [4.69, 9.17) is 0 Å². The van der Waals surface area contributed by atoms with Gasteiger partial charge in [-0.2, -0.15) is 4.52 Å². The molecule has 0 radical (unpaired) electrons. The van der Waals surface area contributed by atoms with Crippen molar-refractivity contribution in [1.29, 1.82) is 0 Å². The predicted octanol–water partition coefficient (Wildman–Crippen LogP) is 5.48. The summed E-state index contributed by atoms with van der Waals surface area (Å²) in [7, 11) is 0. The average Bonchev–Trinajstić information content (AvgIpc) is 3.45. The summed E-state index contributed by atoms with van der Waals surface area (Å²) in [5.41, 5.74) is 2.96. The Balaban J connectivity index is 1.60. The van der Waals surface area contributed by atoms with E-state index < -0.39 is 0 Å². The van der Waals surface area contributed by atoms with E-state index in [-0.39, 0.29) is 11.0 Å². The van der Waals surface area contributed by atoms with Crippen LogP contribution < -0.4 is 5.56 Å². The first-order valence-corrected chi connectivity index (χ1v) is 13.3. The Kier molecular flexibility index (Phi) is 7.74. The van der Waals surface area contributed by atoms with E-state index in [1.54, 1.807) is 17.8 Å². The smallest absolute Gasteiger partial charge is 0.274 e. The molecule has 3 heterocycles. The van der Waals surface area contributed by atoms with Crippen LogP contribution in [0, 0.1) is 5.92 Å². The third kappa shape index (κ3) is 6.01. The van der Waals surface area contributed by atoms with Gasteiger partial charge in [0.25, 0.3) is 11.3 Å². The van der Waals surface area contributed by atoms with E-state index in [9.17, 15) is 4.79 Å². The Labute approximate surface area is 210 Å². The van der Waals surface area contributed by atoms with Crippen molar-refractivity contribution in [1.82, 2.24) is 34.3 Å². The van der Waals surface area contributed by atoms with Crippen molar-refractivity contribution in [2.45, 2.75) is 83.2 Å². The van der Waals surface area contributed by atoms with Crippen LogP contribution in [0.5, 0.6) is 0 Å². The van der Waals surface area contributed by atoms with Gasteiger partial charge in [-0.3, -0.25) is 9.89 Å². The van der Waals surface area contributed by atoms with Gasteiger partial charge in [0.15, 0.2) is 11.0 Å². The number of fused-ring (bicyclic) bond motifs is 1. The monoisotopic (exact) mass is 493 g/mol. The molecule has 35 heavy (non-hydrogen) atoms. The minimum atomic E-state index is -0.172. The summed E-state index contributed by atoms with van der Waals surface area (Å²) in [5.74, 6) is 2.28. The fourth-order valence-corrected chi connectivity index (χ4v) is 4.96. The summed E-state index contributed by atoms with van der Waals surface area (Å²) in [6, 6.07) is 10.2. The number of nitrogens with zero attached hydrogens (tertiary/aromatic N) is 6. The van der Waals surface area contributed by atoms with E-state index in [0.29, 0.717) is 23.1 Å². The molecule has 0 saturated heterocycles. The molecule has 9 heteroatoms. The summed E-state index contributed by atoms with van der Waals surface area (Å²) < 4.78 is 3.56. The minimum absolute atomic E-state index is 0.0993. The maximum Gasteiger partial charge on any atom is 0.274 e. The zero-order valence-corrected chi connectivity index (χ0v) is 22.1. The first-order valence-electron chi connectivity index (χ1n) is 12.3. The van der Waals surface area contributed by atoms with Crippen molar-refractivity contribution >= 4 is 17.5 Å². The Bertz CT molecular complexity index is 1310. The molecule has 0 amide bonds. The molecule has 4 rings (SSSR count). The maximum atomic E-state index is 12.3. The molecular formula is C26H35N7OS. The first-order chi connectivity index (χ1) is 16.8. The minimum Gasteiger partial charge on any atom is -0.302 e. The number of nitrogens with one attached hydrogen (secondary N) is 1. The Hall–Kier alpha value is -2.94. The van der Waals surface area contributed by atoms with Gasteiger partial charge in [0.1, 0.15) is 6.33 Å². The predicted molar refractivity (Wildman–Crippen MR) is 141 cm³/mol. The molecule has 186 valence electrons. The maximum absolute atomic E-state index is 12.3. The topological polar surface area (TPSA) is 93.8 Å². The highest BCUT2D eigenvalue weighted by molar-refractivity contribution is 7.98. The first kappa shape index (κ1) is 25.2. The molecule has 0 saturated carbocycles. The van der Waals surface area contributed by atoms with Crippen molar-refractivity contribution in [3.05, 3.63) is 58.3 Å². The van der Waals surface area contributed by atoms with Crippen molar-refractivity contribution in [2.24, 2.45) is 5.92 Å². The molecule has 0 spiro atoms. The van der Waals surface area contributed by atoms with Crippen molar-refractivity contribution in [3.8, 4) is 11.4 Å². The van der Waals surface area contributed by atoms with Gasteiger partial charge in [-0.05, 0) is 23.3 Å². The second-order valence-electron chi connectivity index (χ2n) is 10.2. The average molecular weight is 494 g/mol. The van der Waals surface area contributed by atoms with Crippen LogP contribution in [-0.2, 0) is 17.7 Å². The highest BCUT2D eigenvalue weighted by Crippen LogP contribution is 2.30. The standard InChI is InChI=1S/C26H35N7OS/c1-6-7-8-9-18(2)15-32-23(19-10-12-20(13-11-19)26(3,4)5)30-31-25(32)35-16-21-14-22(34)33-24(29-21)27-17-28-33/h10-14,17-18H,6-9,15-16H2,1-5H3,(H,27,28,29). The Morgan fingerprint density at radius 2 is 1.89 bits per heavy atom. The number of aromatic amines is 1. The van der Waals surface area contributed by atoms with Crippen molar-refractivity contribution in [2.75, 3.05) is 0 Å². The summed E-state index contributed by atoms with van der Waals surface area (Å²) in [6.45, 7) is 12.0. The quantitative estimate of drug-likeness (QED) is 0.232. The van der Waals surface area contributed by atoms with Crippen LogP contribution in [0.25, 0.3) is 17.2 Å². The van der Waals surface area contributed by atoms with Gasteiger partial charge in [-0.25, -0.2) is 9.97 Å². The van der Waals surface area contributed by atoms with E-state index in [1.165, 1.54) is 42.1 Å². The van der Waals surface area contributed by atoms with Gasteiger partial charge in [0.2, 0.25) is 0 Å². The number of hydrogen-bond donors (Lipinski definition) is 1. The molecule has 0 aliphatic heterocycles. The fourth-order valence-electron chi connectivity index (χ4n) is 4.12. The van der Waals surface area contributed by atoms with Gasteiger partial charge in [-0.15, -0.1) is 10.2 Å². The Morgan fingerprint density at radius 1 is 1.11 bits per heavy atom. The molecule has 1 unspecified atom stereocenters. The molecule has 0 aliphatic carbocycles. The molecule has 3 aromatic heterocycles. The summed E-state index contributed by atoms with van der Waals surface area (Å²) in [4.78, 5) is 20.9. The number of rotatable bonds is 10. The van der Waals surface area contributed by atoms with Crippen LogP contribution >= 0.6 is 11.8 Å². The zero-order chi connectivity index (χ0) is 25.0. The molecule has 1 aromatic carbocycles. The van der Waals surface area contributed by atoms with Crippen LogP contribution in [0.2, 0.25) is 0 Å². The molecule has 0 aliphatic rings. The number of thioether (sulfide) groups is 1. The van der Waals surface area contributed by atoms with Gasteiger partial charge in [0, 0.05) is 23.9 Å². The molecule has 1 N–H and O–H groups in total. The second kappa shape index (κ2) is 10.8. The van der Waals surface area contributed by atoms with E-state index in [2.05, 4.69) is 88.7 Å². The fraction of sp³-hybridized carbons (Fsp3) is 0.500. The molecule has 0 fully saturated rings. The van der Waals surface area contributed by atoms with E-state index >= 15 is 0 Å². The van der Waals surface area contributed by atoms with Crippen molar-refractivity contribution < 1.29 is 0 Å². The lowest BCUT2D eigenvalue weighted by Crippen LogP contribution is -2.15. The summed E-state index contributed by atoms with van der Waals surface area (Å²) >= 11 is 1.55. The lowest BCUT2D eigenvalue weighted by atomic mass is 9.86. The third-order valence-electron chi connectivity index (χ3n) is 6.19. The summed E-state index contributed by atoms with van der Waals surface area (Å²) in [6.07, 6.45) is 6.35. The number of unbranched alkanes of at least 4 members (excludes halogenated alkanes) is 2. The highest BCUT2D eigenvalue weighted by atomic mass is 32.2. The van der Waals surface area contributed by atoms with Crippen LogP contribution in [0.1, 0.15) is 71.6 Å². The van der Waals surface area contributed by atoms with E-state index in [0.717, 1.165) is 23.1 Å². The zero-order valence-electron chi connectivity index (χ0n) is 21.3. The number of H-pyrrole nitrogens is 1. The Morgan fingerprint density at radius 3 is 2.60 bits per heavy atom. The molecular weight excluding hydrogens is 458 g/mol. The third-order valence-corrected chi connectivity index (χ3v) is 7.19. The van der Waals surface area contributed by atoms with Gasteiger partial charge in [-0.1, -0.05) is 89.9 Å². The van der Waals surface area contributed by atoms with Crippen LogP contribution in [0.15, 0.2) is 46.6 Å². The number of aromatic nitrogens is 7. The lowest BCUT2D eigenvalue weighted by molar-refractivity contribution is 0.417. The second-order valence-corrected chi connectivity index (χ2v) is 11.2. The van der Waals surface area contributed by atoms with E-state index in [1.807, 2.05) is 0 Å². The molecule has 8 nitrogen and oxygen atoms in total. The highest BCUT2D eigenvalue weighted by Gasteiger charge is 2.19. The lowest BCUT2D eigenvalue weighted by Gasteiger charge is -2.19. The normalized spacial score (nSPS) is 12.9. The number of hydrogen-bond acceptors (Lipinski definition) is 6. The SMILES string of the molecule is CCCCCC(C)Cn1c(SCc2cc(=O)n3[nH]cnc3n2)nnc1-c1ccc(C(C)(C)C)cc1. The van der Waals surface area contributed by atoms with Gasteiger partial charge < -0.3 is 4.57 Å². The van der Waals surface area contributed by atoms with Crippen LogP contribution in [-0.4, -0.2) is 34.3 Å². The van der Waals surface area contributed by atoms with Gasteiger partial charge in [0.05, 0.1) is 5.69 Å². The molecule has 1 atom stereocenters. The van der Waals surface area contributed by atoms with Crippen molar-refractivity contribution in [3.63, 3.8) is 0 Å². The molecule has 0 bridgehead atoms. The van der Waals surface area contributed by atoms with Crippen LogP contribution in [0.4, 0.5) is 0 Å². The van der Waals surface area contributed by atoms with Crippen LogP contribution in [0.3, 0.4) is 0 Å². The van der Waals surface area contributed by atoms with Gasteiger partial charge >= 0.3 is 0 Å². The summed E-state index contributed by atoms with van der Waals surface area (Å²) in [5, 5.41) is 12.7.